The van der Waals surface area contributed by atoms with Crippen molar-refractivity contribution in [1.82, 2.24) is 4.90 Å². The van der Waals surface area contributed by atoms with Gasteiger partial charge in [-0.2, -0.15) is 0 Å². The molecule has 1 heterocycles. The van der Waals surface area contributed by atoms with Crippen molar-refractivity contribution in [2.24, 2.45) is 0 Å². The lowest BCUT2D eigenvalue weighted by atomic mass is 10.1. The molecular formula is C29H28INO5S. The van der Waals surface area contributed by atoms with Crippen molar-refractivity contribution < 1.29 is 23.8 Å². The third-order valence-electron chi connectivity index (χ3n) is 5.65. The highest BCUT2D eigenvalue weighted by Crippen LogP contribution is 2.38. The number of hydrogen-bond donors (Lipinski definition) is 0. The Kier molecular flexibility index (Phi) is 9.15. The van der Waals surface area contributed by atoms with E-state index in [1.54, 1.807) is 6.08 Å². The van der Waals surface area contributed by atoms with E-state index in [1.807, 2.05) is 81.4 Å². The van der Waals surface area contributed by atoms with Crippen molar-refractivity contribution in [3.05, 3.63) is 91.4 Å². The first-order valence-electron chi connectivity index (χ1n) is 11.9. The van der Waals surface area contributed by atoms with Crippen LogP contribution >= 0.6 is 34.4 Å². The Morgan fingerprint density at radius 2 is 1.73 bits per heavy atom. The molecule has 0 N–H and O–H groups in total. The van der Waals surface area contributed by atoms with E-state index in [9.17, 15) is 9.59 Å². The van der Waals surface area contributed by atoms with Crippen LogP contribution in [0.1, 0.15) is 29.2 Å². The molecule has 0 aromatic heterocycles. The zero-order chi connectivity index (χ0) is 26.4. The number of thioether (sulfide) groups is 1. The third kappa shape index (κ3) is 6.87. The van der Waals surface area contributed by atoms with Crippen LogP contribution in [0.3, 0.4) is 0 Å². The molecule has 3 aromatic carbocycles. The van der Waals surface area contributed by atoms with Crippen molar-refractivity contribution in [1.29, 1.82) is 0 Å². The lowest BCUT2D eigenvalue weighted by molar-refractivity contribution is -0.123. The molecule has 0 bridgehead atoms. The van der Waals surface area contributed by atoms with E-state index in [-0.39, 0.29) is 24.3 Å². The smallest absolute Gasteiger partial charge is 0.293 e. The number of carbonyl (C=O) groups is 2. The Labute approximate surface area is 235 Å². The third-order valence-corrected chi connectivity index (χ3v) is 7.35. The second-order valence-corrected chi connectivity index (χ2v) is 10.6. The lowest BCUT2D eigenvalue weighted by Crippen LogP contribution is -2.32. The fraction of sp³-hybridized carbons (Fsp3) is 0.241. The Balaban J connectivity index is 1.46. The second-order valence-electron chi connectivity index (χ2n) is 8.49. The number of benzene rings is 3. The first kappa shape index (κ1) is 27.1. The van der Waals surface area contributed by atoms with E-state index in [2.05, 4.69) is 22.6 Å². The number of imide groups is 1. The average molecular weight is 630 g/mol. The van der Waals surface area contributed by atoms with Gasteiger partial charge in [-0.1, -0.05) is 42.5 Å². The van der Waals surface area contributed by atoms with E-state index < -0.39 is 0 Å². The average Bonchev–Trinajstić information content (AvgIpc) is 3.13. The van der Waals surface area contributed by atoms with E-state index in [1.165, 1.54) is 4.90 Å². The summed E-state index contributed by atoms with van der Waals surface area (Å²) in [4.78, 5) is 27.2. The molecule has 0 atom stereocenters. The highest BCUT2D eigenvalue weighted by Gasteiger charge is 2.35. The summed E-state index contributed by atoms with van der Waals surface area (Å²) in [5, 5.41) is -0.302. The van der Waals surface area contributed by atoms with Crippen LogP contribution in [0.4, 0.5) is 4.79 Å². The molecule has 1 saturated heterocycles. The lowest BCUT2D eigenvalue weighted by Gasteiger charge is -2.15. The minimum absolute atomic E-state index is 0.184. The van der Waals surface area contributed by atoms with Crippen molar-refractivity contribution in [3.63, 3.8) is 0 Å². The summed E-state index contributed by atoms with van der Waals surface area (Å²) in [7, 11) is 0. The van der Waals surface area contributed by atoms with Crippen molar-refractivity contribution >= 4 is 51.6 Å². The van der Waals surface area contributed by atoms with Gasteiger partial charge in [-0.3, -0.25) is 14.5 Å². The molecule has 3 aromatic rings. The molecule has 0 aliphatic carbocycles. The SMILES string of the molecule is CCOc1cc(/C=C2\SC(=O)N(CCOc3cc(C)ccc3C)C2=O)cc(I)c1OCc1ccccc1. The van der Waals surface area contributed by atoms with Gasteiger partial charge >= 0.3 is 0 Å². The van der Waals surface area contributed by atoms with Gasteiger partial charge in [0.1, 0.15) is 19.0 Å². The number of rotatable bonds is 10. The number of aryl methyl sites for hydroxylation is 2. The maximum atomic E-state index is 13.0. The zero-order valence-electron chi connectivity index (χ0n) is 21.0. The number of carbonyl (C=O) groups excluding carboxylic acids is 2. The highest BCUT2D eigenvalue weighted by molar-refractivity contribution is 14.1. The highest BCUT2D eigenvalue weighted by atomic mass is 127. The van der Waals surface area contributed by atoms with Gasteiger partial charge in [-0.15, -0.1) is 0 Å². The fourth-order valence-electron chi connectivity index (χ4n) is 3.76. The van der Waals surface area contributed by atoms with Gasteiger partial charge in [0.15, 0.2) is 11.5 Å². The molecule has 1 fully saturated rings. The topological polar surface area (TPSA) is 65.1 Å². The molecule has 2 amide bonds. The maximum Gasteiger partial charge on any atom is 0.293 e. The van der Waals surface area contributed by atoms with Crippen molar-refractivity contribution in [3.8, 4) is 17.2 Å². The van der Waals surface area contributed by atoms with Gasteiger partial charge < -0.3 is 14.2 Å². The zero-order valence-corrected chi connectivity index (χ0v) is 23.9. The predicted molar refractivity (Wildman–Crippen MR) is 155 cm³/mol. The summed E-state index contributed by atoms with van der Waals surface area (Å²) >= 11 is 3.14. The van der Waals surface area contributed by atoms with Crippen molar-refractivity contribution in [2.45, 2.75) is 27.4 Å². The van der Waals surface area contributed by atoms with Crippen LogP contribution < -0.4 is 14.2 Å². The molecule has 0 spiro atoms. The minimum Gasteiger partial charge on any atom is -0.491 e. The summed E-state index contributed by atoms with van der Waals surface area (Å²) in [5.41, 5.74) is 3.92. The van der Waals surface area contributed by atoms with E-state index in [0.717, 1.165) is 43.3 Å². The van der Waals surface area contributed by atoms with Gasteiger partial charge in [0, 0.05) is 0 Å². The molecule has 192 valence electrons. The maximum absolute atomic E-state index is 13.0. The molecular weight excluding hydrogens is 601 g/mol. The number of hydrogen-bond acceptors (Lipinski definition) is 6. The second kappa shape index (κ2) is 12.5. The molecule has 0 unspecified atom stereocenters. The summed E-state index contributed by atoms with van der Waals surface area (Å²) in [5.74, 6) is 1.69. The summed E-state index contributed by atoms with van der Waals surface area (Å²) in [6, 6.07) is 19.6. The minimum atomic E-state index is -0.322. The van der Waals surface area contributed by atoms with Crippen LogP contribution in [0.2, 0.25) is 0 Å². The Bertz CT molecular complexity index is 1330. The van der Waals surface area contributed by atoms with Crippen LogP contribution in [0.25, 0.3) is 6.08 Å². The number of nitrogens with zero attached hydrogens (tertiary/aromatic N) is 1. The van der Waals surface area contributed by atoms with Gasteiger partial charge in [0.2, 0.25) is 0 Å². The van der Waals surface area contributed by atoms with Crippen LogP contribution in [0.15, 0.2) is 65.6 Å². The first-order chi connectivity index (χ1) is 17.9. The Hall–Kier alpha value is -2.98. The normalized spacial score (nSPS) is 14.4. The first-order valence-corrected chi connectivity index (χ1v) is 13.8. The van der Waals surface area contributed by atoms with Gasteiger partial charge in [0.05, 0.1) is 21.6 Å². The molecule has 37 heavy (non-hydrogen) atoms. The largest absolute Gasteiger partial charge is 0.491 e. The molecule has 1 aliphatic heterocycles. The summed E-state index contributed by atoms with van der Waals surface area (Å²) in [6.07, 6.45) is 1.72. The molecule has 6 nitrogen and oxygen atoms in total. The van der Waals surface area contributed by atoms with Gasteiger partial charge in [-0.25, -0.2) is 0 Å². The fourth-order valence-corrected chi connectivity index (χ4v) is 5.40. The molecule has 1 aliphatic rings. The quantitative estimate of drug-likeness (QED) is 0.178. The molecule has 4 rings (SSSR count). The van der Waals surface area contributed by atoms with E-state index >= 15 is 0 Å². The molecule has 8 heteroatoms. The van der Waals surface area contributed by atoms with Crippen LogP contribution in [-0.2, 0) is 11.4 Å². The van der Waals surface area contributed by atoms with Crippen LogP contribution in [-0.4, -0.2) is 35.8 Å². The summed E-state index contributed by atoms with van der Waals surface area (Å²) < 4.78 is 18.6. The standard InChI is InChI=1S/C29H28INO5S/c1-4-34-25-16-22(15-23(30)27(25)36-18-21-8-6-5-7-9-21)17-26-28(32)31(29(33)37-26)12-13-35-24-14-19(2)10-11-20(24)3/h5-11,14-17H,4,12-13,18H2,1-3H3/b26-17-. The molecule has 0 radical (unpaired) electrons. The van der Waals surface area contributed by atoms with Gasteiger partial charge in [0.25, 0.3) is 11.1 Å². The number of halogens is 1. The van der Waals surface area contributed by atoms with Crippen LogP contribution in [0.5, 0.6) is 17.2 Å². The number of ether oxygens (including phenoxy) is 3. The predicted octanol–water partition coefficient (Wildman–Crippen LogP) is 7.00. The Morgan fingerprint density at radius 1 is 0.946 bits per heavy atom. The van der Waals surface area contributed by atoms with Crippen LogP contribution in [0, 0.1) is 17.4 Å². The van der Waals surface area contributed by atoms with E-state index in [0.29, 0.717) is 29.6 Å². The monoisotopic (exact) mass is 629 g/mol. The Morgan fingerprint density at radius 3 is 2.49 bits per heavy atom. The number of amides is 2. The van der Waals surface area contributed by atoms with Gasteiger partial charge in [-0.05, 0) is 102 Å². The summed E-state index contributed by atoms with van der Waals surface area (Å²) in [6.45, 7) is 7.17. The molecule has 0 saturated carbocycles. The van der Waals surface area contributed by atoms with Crippen molar-refractivity contribution in [2.75, 3.05) is 19.8 Å². The van der Waals surface area contributed by atoms with E-state index in [4.69, 9.17) is 14.2 Å².